The summed E-state index contributed by atoms with van der Waals surface area (Å²) >= 11 is 0. The van der Waals surface area contributed by atoms with Crippen LogP contribution in [0.4, 0.5) is 4.79 Å². The number of methoxy groups -OCH3 is 1. The number of carboxylic acid groups (broad SMARTS) is 1. The fourth-order valence-corrected chi connectivity index (χ4v) is 11.5. The van der Waals surface area contributed by atoms with Gasteiger partial charge in [0.1, 0.15) is 71.5 Å². The number of nitrogens with one attached hydrogen (secondary N) is 1. The number of alkyl carbamates (subject to hydrolysis) is 1. The van der Waals surface area contributed by atoms with Crippen molar-refractivity contribution < 1.29 is 111 Å². The topological polar surface area (TPSA) is 367 Å². The summed E-state index contributed by atoms with van der Waals surface area (Å²) in [6, 6.07) is 6.21. The van der Waals surface area contributed by atoms with Crippen molar-refractivity contribution >= 4 is 40.4 Å². The van der Waals surface area contributed by atoms with Gasteiger partial charge in [-0.1, -0.05) is 11.3 Å². The van der Waals surface area contributed by atoms with E-state index in [1.165, 1.54) is 48.3 Å². The minimum Gasteiger partial charge on any atom is -0.506 e. The Morgan fingerprint density at radius 2 is 1.62 bits per heavy atom. The third-order valence-electron chi connectivity index (χ3n) is 15.5. The number of aliphatic hydroxyl groups excluding tert-OH is 4. The number of phenols is 1. The van der Waals surface area contributed by atoms with Crippen LogP contribution < -0.4 is 19.5 Å². The Labute approximate surface area is 459 Å². The van der Waals surface area contributed by atoms with Crippen LogP contribution in [0.15, 0.2) is 42.6 Å². The number of ether oxygens (including phenoxy) is 12. The Kier molecular flexibility index (Phi) is 15.5. The van der Waals surface area contributed by atoms with Crippen molar-refractivity contribution in [3.05, 3.63) is 76.1 Å². The number of aliphatic hydroxyl groups is 4. The predicted octanol–water partition coefficient (Wildman–Crippen LogP) is -0.290. The molecule has 3 aromatic carbocycles. The molecule has 4 saturated heterocycles. The molecule has 28 nitrogen and oxygen atoms in total. The number of aromatic nitrogens is 3. The number of nitrogens with zero attached hydrogens (tertiary/aromatic N) is 4. The van der Waals surface area contributed by atoms with Gasteiger partial charge in [-0.25, -0.2) is 14.3 Å². The minimum atomic E-state index is -1.97. The number of carboxylic acids is 1. The first-order valence-corrected chi connectivity index (χ1v) is 26.2. The van der Waals surface area contributed by atoms with E-state index in [9.17, 15) is 54.6 Å². The molecule has 0 saturated carbocycles. The number of ketones is 1. The first-order chi connectivity index (χ1) is 39.1. The molecule has 10 atom stereocenters. The van der Waals surface area contributed by atoms with E-state index in [-0.39, 0.29) is 137 Å². The number of benzene rings is 3. The number of amides is 3. The van der Waals surface area contributed by atoms with Gasteiger partial charge in [-0.05, 0) is 49.1 Å². The highest BCUT2D eigenvalue weighted by Crippen LogP contribution is 2.70. The Morgan fingerprint density at radius 1 is 0.901 bits per heavy atom. The van der Waals surface area contributed by atoms with Gasteiger partial charge >= 0.3 is 12.1 Å². The molecule has 1 aromatic heterocycles. The summed E-state index contributed by atoms with van der Waals surface area (Å²) in [5.41, 5.74) is -0.202. The molecule has 1 spiro atoms. The highest BCUT2D eigenvalue weighted by molar-refractivity contribution is 6.13. The zero-order chi connectivity index (χ0) is 57.0. The number of carbonyl (C=O) groups is 5. The van der Waals surface area contributed by atoms with E-state index < -0.39 is 78.6 Å². The second-order valence-corrected chi connectivity index (χ2v) is 20.3. The molecule has 3 amide bonds. The van der Waals surface area contributed by atoms with Crippen LogP contribution in [0.3, 0.4) is 0 Å². The number of aliphatic carboxylic acids is 1. The van der Waals surface area contributed by atoms with Crippen LogP contribution in [-0.2, 0) is 76.6 Å². The first kappa shape index (κ1) is 56.0. The van der Waals surface area contributed by atoms with E-state index >= 15 is 0 Å². The average molecular weight is 1130 g/mol. The molecule has 434 valence electrons. The van der Waals surface area contributed by atoms with Gasteiger partial charge in [-0.15, -0.1) is 5.10 Å². The van der Waals surface area contributed by atoms with Gasteiger partial charge in [-0.3, -0.25) is 19.3 Å². The molecule has 7 aliphatic rings. The first-order valence-electron chi connectivity index (χ1n) is 26.2. The van der Waals surface area contributed by atoms with Crippen molar-refractivity contribution in [2.24, 2.45) is 0 Å². The van der Waals surface area contributed by atoms with Crippen LogP contribution in [0.5, 0.6) is 23.0 Å². The van der Waals surface area contributed by atoms with Crippen LogP contribution in [0.1, 0.15) is 57.3 Å². The van der Waals surface area contributed by atoms with E-state index in [0.29, 0.717) is 51.9 Å². The van der Waals surface area contributed by atoms with E-state index in [4.69, 9.17) is 56.8 Å². The normalized spacial score (nSPS) is 28.6. The summed E-state index contributed by atoms with van der Waals surface area (Å²) in [7, 11) is 1.50. The van der Waals surface area contributed by atoms with Crippen molar-refractivity contribution in [3.8, 4) is 28.7 Å². The number of epoxide rings is 1. The van der Waals surface area contributed by atoms with Crippen molar-refractivity contribution in [3.63, 3.8) is 0 Å². The maximum absolute atomic E-state index is 13.6. The fourth-order valence-electron chi connectivity index (χ4n) is 11.5. The van der Waals surface area contributed by atoms with Crippen molar-refractivity contribution in [2.45, 2.75) is 99.3 Å². The largest absolute Gasteiger partial charge is 0.506 e. The smallest absolute Gasteiger partial charge is 0.407 e. The molecule has 4 fully saturated rings. The highest BCUT2D eigenvalue weighted by atomic mass is 16.8. The third-order valence-corrected chi connectivity index (χ3v) is 15.5. The molecular formula is C53H59N5O23. The second kappa shape index (κ2) is 22.4. The van der Waals surface area contributed by atoms with Crippen LogP contribution >= 0.6 is 0 Å². The van der Waals surface area contributed by atoms with Crippen LogP contribution in [0.2, 0.25) is 0 Å². The fraction of sp³-hybridized carbons (Fsp3) is 0.528. The van der Waals surface area contributed by atoms with Gasteiger partial charge in [-0.2, -0.15) is 0 Å². The van der Waals surface area contributed by atoms with Gasteiger partial charge in [0, 0.05) is 35.1 Å². The third kappa shape index (κ3) is 9.80. The molecule has 0 radical (unpaired) electrons. The molecule has 1 aliphatic carbocycles. The standard InChI is InChI=1S/C53H59N5O23/c1-26-18-30-38(39(63)37-29(43(30)70-2)4-3-5-32(37)60)44-36(26)45-47-51(24-59,79-44)52(25-76-52)53(80-45,81-47)23-54-50(69)75-21-27-6-7-33(77-49-42(66)40(64)41(65)46(78-49)48(67)68)31(19-27)58-20-28(55-56-58)22-74-17-16-73-15-14-72-13-12-71-11-10-57-34(61)8-9-35(57)62/h6-9,18-20,40-42,45-47,49,59,63-66H,3-5,10-17,21-25H2,1-2H3,(H,54,69)(H,67,68)/t40-,41-,42+,45?,46-,47?,49+,51+,52-,53?/m0/s1. The van der Waals surface area contributed by atoms with Gasteiger partial charge in [0.15, 0.2) is 23.1 Å². The number of carbonyl (C=O) groups excluding carboxylic acids is 4. The van der Waals surface area contributed by atoms with Gasteiger partial charge in [0.2, 0.25) is 12.1 Å². The molecule has 4 aromatic rings. The molecular weight excluding hydrogens is 1070 g/mol. The monoisotopic (exact) mass is 1130 g/mol. The molecule has 2 bridgehead atoms. The Balaban J connectivity index is 0.729. The van der Waals surface area contributed by atoms with Gasteiger partial charge in [0.05, 0.1) is 103 Å². The number of fused-ring (bicyclic) bond motifs is 8. The number of aryl methyl sites for hydroxylation is 1. The van der Waals surface area contributed by atoms with Gasteiger partial charge < -0.3 is 92.8 Å². The van der Waals surface area contributed by atoms with Crippen molar-refractivity contribution in [1.29, 1.82) is 0 Å². The Bertz CT molecular complexity index is 3150. The van der Waals surface area contributed by atoms with Crippen LogP contribution in [0.25, 0.3) is 16.5 Å². The zero-order valence-corrected chi connectivity index (χ0v) is 43.8. The number of hydrogen-bond acceptors (Lipinski definition) is 24. The molecule has 6 aliphatic heterocycles. The van der Waals surface area contributed by atoms with Gasteiger partial charge in [0.25, 0.3) is 11.8 Å². The SMILES string of the molecule is COc1c2c(c(O)c3c4c(c(C)cc13)C1OC3(CNC(=O)OCc5ccc(O[C@@H]6O[C@H](C(=O)O)[C@@H](O)[C@H](O)[C@H]6O)c(-n6cc(COCCOCCOCCOCCN7C(=O)C=CC7=O)nn6)c5)OC1[C@@](CO)(O4)[C@@]31CO1)C(=O)CCC2. The number of hydrogen-bond donors (Lipinski definition) is 7. The summed E-state index contributed by atoms with van der Waals surface area (Å²) < 4.78 is 72.5. The zero-order valence-electron chi connectivity index (χ0n) is 43.8. The van der Waals surface area contributed by atoms with E-state index in [1.807, 2.05) is 13.0 Å². The summed E-state index contributed by atoms with van der Waals surface area (Å²) in [6.07, 6.45) is -7.04. The summed E-state index contributed by atoms with van der Waals surface area (Å²) in [6.45, 7) is 2.31. The Hall–Kier alpha value is -6.93. The van der Waals surface area contributed by atoms with E-state index in [0.717, 1.165) is 4.90 Å². The Morgan fingerprint density at radius 3 is 2.31 bits per heavy atom. The number of imide groups is 1. The van der Waals surface area contributed by atoms with Crippen molar-refractivity contribution in [2.75, 3.05) is 79.7 Å². The van der Waals surface area contributed by atoms with E-state index in [1.54, 1.807) is 0 Å². The van der Waals surface area contributed by atoms with Crippen molar-refractivity contribution in [1.82, 2.24) is 25.2 Å². The summed E-state index contributed by atoms with van der Waals surface area (Å²) in [4.78, 5) is 63.1. The maximum Gasteiger partial charge on any atom is 0.407 e. The summed E-state index contributed by atoms with van der Waals surface area (Å²) in [5, 5.41) is 76.1. The number of Topliss-reactive ketones (excluding diaryl/α,β-unsaturated/α-hetero) is 1. The molecule has 7 N–H and O–H groups in total. The lowest BCUT2D eigenvalue weighted by Gasteiger charge is -2.49. The molecule has 81 heavy (non-hydrogen) atoms. The summed E-state index contributed by atoms with van der Waals surface area (Å²) in [5.74, 6) is -3.96. The predicted molar refractivity (Wildman–Crippen MR) is 267 cm³/mol. The molecule has 28 heteroatoms. The lowest BCUT2D eigenvalue weighted by Crippen LogP contribution is -2.69. The lowest BCUT2D eigenvalue weighted by molar-refractivity contribution is -0.271. The van der Waals surface area contributed by atoms with Crippen LogP contribution in [-0.4, -0.2) is 214 Å². The number of rotatable bonds is 24. The number of aromatic hydroxyl groups is 1. The number of phenolic OH excluding ortho intramolecular Hbond substituents is 1. The lowest BCUT2D eigenvalue weighted by atomic mass is 9.72. The van der Waals surface area contributed by atoms with E-state index in [2.05, 4.69) is 15.6 Å². The second-order valence-electron chi connectivity index (χ2n) is 20.3. The van der Waals surface area contributed by atoms with Crippen LogP contribution in [0, 0.1) is 6.92 Å². The minimum absolute atomic E-state index is 0.00305. The average Bonchev–Trinajstić information content (AvgIpc) is 2.34. The molecule has 7 heterocycles. The molecule has 11 rings (SSSR count). The quantitative estimate of drug-likeness (QED) is 0.0269. The highest BCUT2D eigenvalue weighted by Gasteiger charge is 2.90. The molecule has 3 unspecified atom stereocenters. The maximum atomic E-state index is 13.6.